The predicted octanol–water partition coefficient (Wildman–Crippen LogP) is 10.5. The number of hydrogen-bond acceptors (Lipinski definition) is 8. The van der Waals surface area contributed by atoms with Crippen LogP contribution in [0.1, 0.15) is 76.2 Å². The van der Waals surface area contributed by atoms with Crippen LogP contribution in [0.25, 0.3) is 6.08 Å². The van der Waals surface area contributed by atoms with Crippen LogP contribution in [-0.4, -0.2) is 28.2 Å². The van der Waals surface area contributed by atoms with E-state index in [1.54, 1.807) is 55.5 Å². The summed E-state index contributed by atoms with van der Waals surface area (Å²) in [6.45, 7) is 10.9. The minimum absolute atomic E-state index is 0.0514. The number of nitrogens with zero attached hydrogens (tertiary/aromatic N) is 2. The van der Waals surface area contributed by atoms with Gasteiger partial charge in [-0.15, -0.1) is 0 Å². The Bertz CT molecular complexity index is 2020. The number of benzene rings is 5. The molecule has 5 rings (SSSR count). The molecule has 5 aromatic rings. The van der Waals surface area contributed by atoms with Crippen molar-refractivity contribution in [2.24, 2.45) is 5.16 Å². The number of nitro groups is 1. The van der Waals surface area contributed by atoms with Gasteiger partial charge >= 0.3 is 5.97 Å². The van der Waals surface area contributed by atoms with Gasteiger partial charge in [0.1, 0.15) is 0 Å². The third-order valence-corrected chi connectivity index (χ3v) is 8.21. The van der Waals surface area contributed by atoms with Crippen LogP contribution in [0.3, 0.4) is 0 Å². The third-order valence-electron chi connectivity index (χ3n) is 7.20. The number of hydrogen-bond donors (Lipinski definition) is 0. The van der Waals surface area contributed by atoms with Crippen molar-refractivity contribution in [2.45, 2.75) is 51.3 Å². The van der Waals surface area contributed by atoms with E-state index in [1.165, 1.54) is 41.1 Å². The smallest absolute Gasteiger partial charge is 0.318 e. The quantitative estimate of drug-likeness (QED) is 0.0468. The van der Waals surface area contributed by atoms with Crippen molar-refractivity contribution in [3.63, 3.8) is 0 Å². The fourth-order valence-corrected chi connectivity index (χ4v) is 5.50. The van der Waals surface area contributed by atoms with Crippen molar-refractivity contribution in [2.75, 3.05) is 0 Å². The van der Waals surface area contributed by atoms with Crippen LogP contribution in [0.5, 0.6) is 0 Å². The summed E-state index contributed by atoms with van der Waals surface area (Å²) in [7, 11) is 0. The molecule has 0 atom stereocenters. The molecule has 5 aromatic carbocycles. The molecule has 0 aliphatic rings. The van der Waals surface area contributed by atoms with E-state index in [1.807, 2.05) is 51.1 Å². The zero-order chi connectivity index (χ0) is 37.3. The molecule has 0 bridgehead atoms. The number of ketones is 2. The van der Waals surface area contributed by atoms with Gasteiger partial charge in [-0.3, -0.25) is 19.7 Å². The van der Waals surface area contributed by atoms with Gasteiger partial charge in [-0.1, -0.05) is 97.5 Å². The van der Waals surface area contributed by atoms with Crippen molar-refractivity contribution >= 4 is 46.8 Å². The first-order valence-corrected chi connectivity index (χ1v) is 17.1. The molecule has 9 heteroatoms. The molecule has 0 fully saturated rings. The van der Waals surface area contributed by atoms with Gasteiger partial charge in [0, 0.05) is 51.1 Å². The molecule has 0 spiro atoms. The summed E-state index contributed by atoms with van der Waals surface area (Å²) < 4.78 is 0. The molecule has 0 saturated heterocycles. The van der Waals surface area contributed by atoms with Crippen LogP contribution in [0.15, 0.2) is 142 Å². The Labute approximate surface area is 303 Å². The molecular formula is C42H40N2O6S. The van der Waals surface area contributed by atoms with Crippen LogP contribution in [0.4, 0.5) is 5.69 Å². The average Bonchev–Trinajstić information content (AvgIpc) is 3.15. The maximum Gasteiger partial charge on any atom is 0.332 e. The molecule has 8 nitrogen and oxygen atoms in total. The number of Topliss-reactive ketones (excluding diaryl/α,β-unsaturated/α-hetero) is 1. The number of rotatable bonds is 10. The lowest BCUT2D eigenvalue weighted by molar-refractivity contribution is -0.384. The predicted molar refractivity (Wildman–Crippen MR) is 205 cm³/mol. The first-order valence-electron chi connectivity index (χ1n) is 16.3. The highest BCUT2D eigenvalue weighted by Gasteiger charge is 2.21. The Morgan fingerprint density at radius 3 is 1.80 bits per heavy atom. The van der Waals surface area contributed by atoms with Crippen molar-refractivity contribution in [1.29, 1.82) is 0 Å². The summed E-state index contributed by atoms with van der Waals surface area (Å²) in [5, 5.41) is 14.8. The van der Waals surface area contributed by atoms with E-state index in [2.05, 4.69) is 48.5 Å². The standard InChI is InChI=1S/C30H22N2O6S.C10H12.C2H6/c1-19-18-24(32(36)37)12-17-27(19)28(31-38-20(2)33)30(35)23-10-15-26(16-11-23)39-25-13-8-22(9-14-25)29(34)21-6-4-3-5-7-21;1-3-6-10-8-5-4-7-9(10)2;1-2/h3-18H,1-2H3;3-8H,1-2H3;1-2H3/b31-28-;6-3-;. The lowest BCUT2D eigenvalue weighted by Crippen LogP contribution is -2.18. The lowest BCUT2D eigenvalue weighted by atomic mass is 9.97. The van der Waals surface area contributed by atoms with Crippen molar-refractivity contribution in [1.82, 2.24) is 0 Å². The molecule has 0 amide bonds. The van der Waals surface area contributed by atoms with E-state index in [0.29, 0.717) is 27.8 Å². The average molecular weight is 701 g/mol. The summed E-state index contributed by atoms with van der Waals surface area (Å²) >= 11 is 1.46. The zero-order valence-electron chi connectivity index (χ0n) is 29.5. The molecule has 0 unspecified atom stereocenters. The normalized spacial score (nSPS) is 10.7. The molecule has 0 aliphatic heterocycles. The fourth-order valence-electron chi connectivity index (χ4n) is 4.68. The zero-order valence-corrected chi connectivity index (χ0v) is 30.3. The minimum Gasteiger partial charge on any atom is -0.318 e. The second kappa shape index (κ2) is 19.9. The lowest BCUT2D eigenvalue weighted by Gasteiger charge is -2.09. The van der Waals surface area contributed by atoms with E-state index >= 15 is 0 Å². The summed E-state index contributed by atoms with van der Waals surface area (Å²) in [4.78, 5) is 54.4. The molecule has 260 valence electrons. The monoisotopic (exact) mass is 700 g/mol. The van der Waals surface area contributed by atoms with Crippen LogP contribution >= 0.6 is 11.8 Å². The fraction of sp³-hybridized carbons (Fsp3) is 0.143. The van der Waals surface area contributed by atoms with Crippen LogP contribution < -0.4 is 0 Å². The topological polar surface area (TPSA) is 116 Å². The number of carbonyl (C=O) groups excluding carboxylic acids is 3. The second-order valence-corrected chi connectivity index (χ2v) is 12.0. The number of carbonyl (C=O) groups is 3. The van der Waals surface area contributed by atoms with Gasteiger partial charge in [-0.2, -0.15) is 0 Å². The number of aryl methyl sites for hydroxylation is 2. The summed E-state index contributed by atoms with van der Waals surface area (Å²) in [5.41, 5.74) is 4.63. The molecular weight excluding hydrogens is 661 g/mol. The van der Waals surface area contributed by atoms with Crippen molar-refractivity contribution in [3.8, 4) is 0 Å². The van der Waals surface area contributed by atoms with E-state index < -0.39 is 16.7 Å². The molecule has 0 aromatic heterocycles. The number of non-ortho nitro benzene ring substituents is 1. The van der Waals surface area contributed by atoms with E-state index in [-0.39, 0.29) is 17.2 Å². The largest absolute Gasteiger partial charge is 0.332 e. The molecule has 0 radical (unpaired) electrons. The molecule has 0 N–H and O–H groups in total. The van der Waals surface area contributed by atoms with Crippen LogP contribution in [0.2, 0.25) is 0 Å². The SMILES string of the molecule is C/C=C\c1ccccc1C.CC.CC(=O)O/N=C(\C(=O)c1ccc(Sc2ccc(C(=O)c3ccccc3)cc2)cc1)c1ccc([N+](=O)[O-])cc1C. The Hall–Kier alpha value is -5.93. The first-order chi connectivity index (χ1) is 24.6. The maximum absolute atomic E-state index is 13.3. The molecule has 0 saturated carbocycles. The van der Waals surface area contributed by atoms with Gasteiger partial charge in [0.05, 0.1) is 4.92 Å². The third kappa shape index (κ3) is 11.6. The van der Waals surface area contributed by atoms with Gasteiger partial charge < -0.3 is 4.84 Å². The number of oxime groups is 1. The van der Waals surface area contributed by atoms with E-state index in [0.717, 1.165) is 16.7 Å². The maximum atomic E-state index is 13.3. The first kappa shape index (κ1) is 39.5. The van der Waals surface area contributed by atoms with Crippen molar-refractivity contribution < 1.29 is 24.1 Å². The highest BCUT2D eigenvalue weighted by Crippen LogP contribution is 2.29. The number of allylic oxidation sites excluding steroid dienone is 1. The van der Waals surface area contributed by atoms with Crippen molar-refractivity contribution in [3.05, 3.63) is 176 Å². The Kier molecular flexibility index (Phi) is 15.4. The van der Waals surface area contributed by atoms with Gasteiger partial charge in [-0.05, 0) is 92.1 Å². The van der Waals surface area contributed by atoms with Gasteiger partial charge in [0.2, 0.25) is 5.78 Å². The van der Waals surface area contributed by atoms with Crippen LogP contribution in [0, 0.1) is 24.0 Å². The van der Waals surface area contributed by atoms with Gasteiger partial charge in [0.25, 0.3) is 5.69 Å². The van der Waals surface area contributed by atoms with Crippen LogP contribution in [-0.2, 0) is 9.63 Å². The minimum atomic E-state index is -0.705. The Morgan fingerprint density at radius 2 is 1.27 bits per heavy atom. The molecule has 0 heterocycles. The van der Waals surface area contributed by atoms with E-state index in [4.69, 9.17) is 4.84 Å². The molecule has 51 heavy (non-hydrogen) atoms. The highest BCUT2D eigenvalue weighted by molar-refractivity contribution is 7.99. The highest BCUT2D eigenvalue weighted by atomic mass is 32.2. The summed E-state index contributed by atoms with van der Waals surface area (Å²) in [5.74, 6) is -1.26. The molecule has 0 aliphatic carbocycles. The second-order valence-electron chi connectivity index (χ2n) is 10.8. The van der Waals surface area contributed by atoms with E-state index in [9.17, 15) is 24.5 Å². The summed E-state index contributed by atoms with van der Waals surface area (Å²) in [6, 6.07) is 35.5. The number of nitro benzene ring substituents is 1. The van der Waals surface area contributed by atoms with Gasteiger partial charge in [-0.25, -0.2) is 4.79 Å². The Morgan fingerprint density at radius 1 is 0.725 bits per heavy atom. The van der Waals surface area contributed by atoms with Gasteiger partial charge in [0.15, 0.2) is 11.5 Å². The Balaban J connectivity index is 0.000000499. The summed E-state index contributed by atoms with van der Waals surface area (Å²) in [6.07, 6.45) is 4.18.